The summed E-state index contributed by atoms with van der Waals surface area (Å²) >= 11 is 0. The first-order valence-corrected chi connectivity index (χ1v) is 9.89. The maximum Gasteiger partial charge on any atom is 0.302 e. The van der Waals surface area contributed by atoms with Crippen LogP contribution in [0.1, 0.15) is 31.7 Å². The van der Waals surface area contributed by atoms with Gasteiger partial charge in [0.2, 0.25) is 0 Å². The Balaban J connectivity index is 1.98. The molecule has 1 aliphatic heterocycles. The second-order valence-corrected chi connectivity index (χ2v) is 8.00. The van der Waals surface area contributed by atoms with Crippen LogP contribution in [0.2, 0.25) is 0 Å². The Morgan fingerprint density at radius 3 is 2.72 bits per heavy atom. The summed E-state index contributed by atoms with van der Waals surface area (Å²) < 4.78 is 27.7. The van der Waals surface area contributed by atoms with E-state index in [1.165, 1.54) is 12.0 Å². The van der Waals surface area contributed by atoms with Crippen molar-refractivity contribution in [3.05, 3.63) is 35.9 Å². The standard InChI is InChI=1S/C18H22N2O4S/c1-2-3-4-5-13-6-7-14-10-18(22)17(9-15(14)8-13)20-11-16(12-21)19-25(20,23)24/h6-10,12,16,19,22H,2-5,11H2,1H3. The molecule has 2 aromatic carbocycles. The van der Waals surface area contributed by atoms with Crippen LogP contribution in [-0.2, 0) is 21.4 Å². The molecule has 1 aliphatic rings. The molecule has 0 saturated carbocycles. The van der Waals surface area contributed by atoms with Gasteiger partial charge in [-0.2, -0.15) is 13.1 Å². The number of nitrogens with zero attached hydrogens (tertiary/aromatic N) is 1. The van der Waals surface area contributed by atoms with Crippen molar-refractivity contribution < 1.29 is 18.3 Å². The number of rotatable bonds is 6. The third-order valence-corrected chi connectivity index (χ3v) is 5.98. The molecule has 6 nitrogen and oxygen atoms in total. The molecular weight excluding hydrogens is 340 g/mol. The summed E-state index contributed by atoms with van der Waals surface area (Å²) in [7, 11) is -3.83. The topological polar surface area (TPSA) is 86.7 Å². The predicted octanol–water partition coefficient (Wildman–Crippen LogP) is 2.50. The van der Waals surface area contributed by atoms with Gasteiger partial charge in [0.1, 0.15) is 12.0 Å². The maximum atomic E-state index is 12.2. The van der Waals surface area contributed by atoms with Gasteiger partial charge in [0, 0.05) is 0 Å². The first-order valence-electron chi connectivity index (χ1n) is 8.45. The lowest BCUT2D eigenvalue weighted by atomic mass is 10.0. The van der Waals surface area contributed by atoms with E-state index >= 15 is 0 Å². The van der Waals surface area contributed by atoms with E-state index < -0.39 is 16.3 Å². The highest BCUT2D eigenvalue weighted by Gasteiger charge is 2.36. The van der Waals surface area contributed by atoms with Crippen molar-refractivity contribution in [2.75, 3.05) is 10.8 Å². The molecule has 1 unspecified atom stereocenters. The first kappa shape index (κ1) is 17.7. The molecule has 3 rings (SSSR count). The third-order valence-electron chi connectivity index (χ3n) is 4.45. The van der Waals surface area contributed by atoms with Crippen molar-refractivity contribution in [1.29, 1.82) is 0 Å². The zero-order valence-electron chi connectivity index (χ0n) is 14.1. The summed E-state index contributed by atoms with van der Waals surface area (Å²) in [5.74, 6) is -0.122. The van der Waals surface area contributed by atoms with Gasteiger partial charge in [0.15, 0.2) is 0 Å². The number of hydrogen-bond donors (Lipinski definition) is 2. The Bertz CT molecular complexity index is 895. The van der Waals surface area contributed by atoms with Crippen molar-refractivity contribution >= 4 is 33.0 Å². The zero-order chi connectivity index (χ0) is 18.0. The Labute approximate surface area is 147 Å². The largest absolute Gasteiger partial charge is 0.506 e. The van der Waals surface area contributed by atoms with Crippen LogP contribution in [0.3, 0.4) is 0 Å². The van der Waals surface area contributed by atoms with E-state index in [4.69, 9.17) is 0 Å². The van der Waals surface area contributed by atoms with Gasteiger partial charge < -0.3 is 9.90 Å². The average Bonchev–Trinajstić information content (AvgIpc) is 2.89. The lowest BCUT2D eigenvalue weighted by Crippen LogP contribution is -2.30. The second-order valence-electron chi connectivity index (χ2n) is 6.38. The fraction of sp³-hybridized carbons (Fsp3) is 0.389. The molecule has 25 heavy (non-hydrogen) atoms. The molecule has 2 aromatic rings. The van der Waals surface area contributed by atoms with Gasteiger partial charge in [-0.15, -0.1) is 0 Å². The van der Waals surface area contributed by atoms with Crippen molar-refractivity contribution in [3.8, 4) is 5.75 Å². The molecule has 1 atom stereocenters. The molecule has 0 spiro atoms. The molecule has 0 amide bonds. The normalized spacial score (nSPS) is 19.4. The number of anilines is 1. The van der Waals surface area contributed by atoms with E-state index in [9.17, 15) is 18.3 Å². The number of fused-ring (bicyclic) bond motifs is 1. The minimum absolute atomic E-state index is 0.0267. The Hall–Kier alpha value is -2.12. The molecule has 0 aliphatic carbocycles. The van der Waals surface area contributed by atoms with Crippen molar-refractivity contribution in [3.63, 3.8) is 0 Å². The van der Waals surface area contributed by atoms with Crippen LogP contribution in [0, 0.1) is 0 Å². The fourth-order valence-corrected chi connectivity index (χ4v) is 4.53. The highest BCUT2D eigenvalue weighted by Crippen LogP contribution is 2.35. The highest BCUT2D eigenvalue weighted by molar-refractivity contribution is 7.91. The van der Waals surface area contributed by atoms with Crippen LogP contribution < -0.4 is 9.03 Å². The lowest BCUT2D eigenvalue weighted by Gasteiger charge is -2.18. The number of aromatic hydroxyl groups is 1. The van der Waals surface area contributed by atoms with Crippen LogP contribution in [0.5, 0.6) is 5.75 Å². The Kier molecular flexibility index (Phi) is 4.96. The predicted molar refractivity (Wildman–Crippen MR) is 98.1 cm³/mol. The summed E-state index contributed by atoms with van der Waals surface area (Å²) in [6.45, 7) is 2.13. The SMILES string of the molecule is CCCCCc1ccc2cc(O)c(N3CC(C=O)NS3(=O)=O)cc2c1. The monoisotopic (exact) mass is 362 g/mol. The molecule has 2 N–H and O–H groups in total. The van der Waals surface area contributed by atoms with Crippen LogP contribution in [0.15, 0.2) is 30.3 Å². The summed E-state index contributed by atoms with van der Waals surface area (Å²) in [6.07, 6.45) is 4.96. The lowest BCUT2D eigenvalue weighted by molar-refractivity contribution is -0.108. The number of phenolic OH excluding ortho intramolecular Hbond substituents is 1. The smallest absolute Gasteiger partial charge is 0.302 e. The minimum Gasteiger partial charge on any atom is -0.506 e. The number of benzene rings is 2. The second kappa shape index (κ2) is 7.01. The van der Waals surface area contributed by atoms with Crippen LogP contribution in [0.4, 0.5) is 5.69 Å². The van der Waals surface area contributed by atoms with Gasteiger partial charge in [-0.25, -0.2) is 0 Å². The summed E-state index contributed by atoms with van der Waals surface area (Å²) in [4.78, 5) is 10.9. The highest BCUT2D eigenvalue weighted by atomic mass is 32.2. The quantitative estimate of drug-likeness (QED) is 0.611. The summed E-state index contributed by atoms with van der Waals surface area (Å²) in [6, 6.07) is 8.42. The maximum absolute atomic E-state index is 12.2. The van der Waals surface area contributed by atoms with E-state index in [0.717, 1.165) is 34.3 Å². The van der Waals surface area contributed by atoms with Crippen molar-refractivity contribution in [1.82, 2.24) is 4.72 Å². The van der Waals surface area contributed by atoms with Crippen molar-refractivity contribution in [2.45, 2.75) is 38.6 Å². The molecule has 7 heteroatoms. The van der Waals surface area contributed by atoms with Gasteiger partial charge in [-0.1, -0.05) is 38.0 Å². The molecule has 1 heterocycles. The van der Waals surface area contributed by atoms with Gasteiger partial charge >= 0.3 is 10.2 Å². The number of aldehydes is 1. The van der Waals surface area contributed by atoms with Gasteiger partial charge in [0.05, 0.1) is 18.3 Å². The minimum atomic E-state index is -3.83. The van der Waals surface area contributed by atoms with Crippen LogP contribution in [0.25, 0.3) is 10.8 Å². The van der Waals surface area contributed by atoms with Crippen LogP contribution >= 0.6 is 0 Å². The number of aryl methyl sites for hydroxylation is 1. The van der Waals surface area contributed by atoms with E-state index in [1.54, 1.807) is 12.1 Å². The molecule has 1 fully saturated rings. The molecule has 0 radical (unpaired) electrons. The number of unbranched alkanes of at least 4 members (excludes halogenated alkanes) is 2. The Morgan fingerprint density at radius 1 is 1.24 bits per heavy atom. The molecule has 0 bridgehead atoms. The van der Waals surface area contributed by atoms with Gasteiger partial charge in [0.25, 0.3) is 0 Å². The van der Waals surface area contributed by atoms with Gasteiger partial charge in [-0.3, -0.25) is 4.31 Å². The van der Waals surface area contributed by atoms with Crippen molar-refractivity contribution in [2.24, 2.45) is 0 Å². The molecular formula is C18H22N2O4S. The Morgan fingerprint density at radius 2 is 2.04 bits per heavy atom. The summed E-state index contributed by atoms with van der Waals surface area (Å²) in [5, 5.41) is 12.0. The molecule has 0 aromatic heterocycles. The fourth-order valence-electron chi connectivity index (χ4n) is 3.13. The van der Waals surface area contributed by atoms with Gasteiger partial charge in [-0.05, 0) is 41.3 Å². The van der Waals surface area contributed by atoms with E-state index in [1.807, 2.05) is 18.2 Å². The third kappa shape index (κ3) is 3.62. The van der Waals surface area contributed by atoms with E-state index in [2.05, 4.69) is 11.6 Å². The summed E-state index contributed by atoms with van der Waals surface area (Å²) in [5.41, 5.74) is 1.38. The number of carbonyl (C=O) groups excluding carboxylic acids is 1. The molecule has 1 saturated heterocycles. The molecule has 134 valence electrons. The number of hydrogen-bond acceptors (Lipinski definition) is 4. The zero-order valence-corrected chi connectivity index (χ0v) is 14.9. The number of nitrogens with one attached hydrogen (secondary N) is 1. The van der Waals surface area contributed by atoms with Crippen LogP contribution in [-0.4, -0.2) is 32.4 Å². The van der Waals surface area contributed by atoms with E-state index in [0.29, 0.717) is 6.29 Å². The number of carbonyl (C=O) groups is 1. The van der Waals surface area contributed by atoms with E-state index in [-0.39, 0.29) is 18.0 Å². The first-order chi connectivity index (χ1) is 11.9. The number of phenols is 1. The average molecular weight is 362 g/mol.